The van der Waals surface area contributed by atoms with Crippen LogP contribution in [0.15, 0.2) is 39.6 Å². The molecule has 0 amide bonds. The van der Waals surface area contributed by atoms with Crippen LogP contribution in [0.1, 0.15) is 21.7 Å². The molecular formula is C14H13BrN2O2. The topological polar surface area (TPSA) is 52.0 Å². The minimum Gasteiger partial charge on any atom is -0.292 e. The van der Waals surface area contributed by atoms with Gasteiger partial charge >= 0.3 is 5.69 Å². The van der Waals surface area contributed by atoms with Crippen molar-refractivity contribution in [1.82, 2.24) is 9.55 Å². The van der Waals surface area contributed by atoms with Crippen molar-refractivity contribution in [3.8, 4) is 0 Å². The summed E-state index contributed by atoms with van der Waals surface area (Å²) < 4.78 is 2.22. The molecule has 0 spiro atoms. The van der Waals surface area contributed by atoms with E-state index in [0.717, 1.165) is 10.2 Å². The highest BCUT2D eigenvalue weighted by atomic mass is 79.9. The first-order valence-electron chi connectivity index (χ1n) is 5.81. The molecule has 0 fully saturated rings. The summed E-state index contributed by atoms with van der Waals surface area (Å²) in [7, 11) is 0. The largest absolute Gasteiger partial charge is 0.348 e. The Morgan fingerprint density at radius 2 is 2.05 bits per heavy atom. The van der Waals surface area contributed by atoms with Gasteiger partial charge in [-0.3, -0.25) is 9.36 Å². The third-order valence-electron chi connectivity index (χ3n) is 2.79. The Labute approximate surface area is 119 Å². The minimum atomic E-state index is -0.388. The minimum absolute atomic E-state index is 0.00833. The predicted octanol–water partition coefficient (Wildman–Crippen LogP) is 2.51. The van der Waals surface area contributed by atoms with Crippen molar-refractivity contribution < 1.29 is 4.79 Å². The van der Waals surface area contributed by atoms with Gasteiger partial charge in [-0.15, -0.1) is 0 Å². The first-order valence-corrected chi connectivity index (χ1v) is 6.60. The van der Waals surface area contributed by atoms with E-state index in [1.165, 1.54) is 4.57 Å². The maximum Gasteiger partial charge on any atom is 0.348 e. The summed E-state index contributed by atoms with van der Waals surface area (Å²) in [6.45, 7) is 3.56. The highest BCUT2D eigenvalue weighted by Crippen LogP contribution is 2.12. The van der Waals surface area contributed by atoms with Gasteiger partial charge in [-0.2, -0.15) is 4.98 Å². The van der Waals surface area contributed by atoms with Gasteiger partial charge in [-0.25, -0.2) is 4.79 Å². The average molecular weight is 321 g/mol. The molecule has 4 nitrogen and oxygen atoms in total. The fourth-order valence-corrected chi connectivity index (χ4v) is 2.26. The highest BCUT2D eigenvalue weighted by Gasteiger charge is 2.10. The monoisotopic (exact) mass is 320 g/mol. The van der Waals surface area contributed by atoms with Crippen LogP contribution in [-0.4, -0.2) is 15.3 Å². The Hall–Kier alpha value is -1.75. The number of aryl methyl sites for hydroxylation is 2. The van der Waals surface area contributed by atoms with E-state index in [0.29, 0.717) is 11.3 Å². The fraction of sp³-hybridized carbons (Fsp3) is 0.214. The Morgan fingerprint density at radius 1 is 1.32 bits per heavy atom. The summed E-state index contributed by atoms with van der Waals surface area (Å²) in [5, 5.41) is 0. The van der Waals surface area contributed by atoms with Crippen LogP contribution in [0.4, 0.5) is 0 Å². The third-order valence-corrected chi connectivity index (χ3v) is 3.29. The zero-order valence-electron chi connectivity index (χ0n) is 10.7. The van der Waals surface area contributed by atoms with Gasteiger partial charge in [-0.05, 0) is 32.0 Å². The van der Waals surface area contributed by atoms with Crippen LogP contribution < -0.4 is 5.69 Å². The molecule has 0 aliphatic carbocycles. The molecule has 2 rings (SSSR count). The quantitative estimate of drug-likeness (QED) is 0.816. The molecule has 19 heavy (non-hydrogen) atoms. The molecule has 0 aliphatic rings. The Bertz CT molecular complexity index is 692. The molecular weight excluding hydrogens is 308 g/mol. The lowest BCUT2D eigenvalue weighted by atomic mass is 10.1. The molecule has 0 radical (unpaired) electrons. The van der Waals surface area contributed by atoms with Crippen molar-refractivity contribution >= 4 is 21.7 Å². The molecule has 1 heterocycles. The van der Waals surface area contributed by atoms with Crippen molar-refractivity contribution in [3.05, 3.63) is 62.2 Å². The van der Waals surface area contributed by atoms with E-state index in [1.807, 2.05) is 6.07 Å². The molecule has 0 atom stereocenters. The summed E-state index contributed by atoms with van der Waals surface area (Å²) >= 11 is 3.32. The number of Topliss-reactive ketones (excluding diaryl/α,β-unsaturated/α-hetero) is 1. The van der Waals surface area contributed by atoms with Crippen molar-refractivity contribution in [2.75, 3.05) is 0 Å². The van der Waals surface area contributed by atoms with Gasteiger partial charge in [0.05, 0.1) is 6.54 Å². The summed E-state index contributed by atoms with van der Waals surface area (Å²) in [5.74, 6) is -0.114. The maximum atomic E-state index is 12.1. The Morgan fingerprint density at radius 3 is 2.68 bits per heavy atom. The van der Waals surface area contributed by atoms with Gasteiger partial charge in [0.2, 0.25) is 0 Å². The van der Waals surface area contributed by atoms with Crippen LogP contribution in [-0.2, 0) is 6.54 Å². The normalized spacial score (nSPS) is 10.5. The van der Waals surface area contributed by atoms with E-state index < -0.39 is 0 Å². The van der Waals surface area contributed by atoms with Crippen molar-refractivity contribution in [2.45, 2.75) is 20.4 Å². The number of aromatic nitrogens is 2. The van der Waals surface area contributed by atoms with Gasteiger partial charge in [-0.1, -0.05) is 28.1 Å². The lowest BCUT2D eigenvalue weighted by molar-refractivity contribution is 0.0969. The Kier molecular flexibility index (Phi) is 3.95. The summed E-state index contributed by atoms with van der Waals surface area (Å²) in [5.41, 5.74) is 1.58. The fourth-order valence-electron chi connectivity index (χ4n) is 1.86. The van der Waals surface area contributed by atoms with Gasteiger partial charge in [0.15, 0.2) is 5.78 Å². The average Bonchev–Trinajstić information content (AvgIpc) is 2.33. The van der Waals surface area contributed by atoms with E-state index in [9.17, 15) is 9.59 Å². The van der Waals surface area contributed by atoms with E-state index in [1.54, 1.807) is 38.1 Å². The summed E-state index contributed by atoms with van der Waals surface area (Å²) in [6.07, 6.45) is 0. The molecule has 1 aromatic heterocycles. The number of benzene rings is 1. The predicted molar refractivity (Wildman–Crippen MR) is 76.4 cm³/mol. The van der Waals surface area contributed by atoms with Gasteiger partial charge in [0.25, 0.3) is 0 Å². The van der Waals surface area contributed by atoms with E-state index in [4.69, 9.17) is 0 Å². The van der Waals surface area contributed by atoms with Crippen molar-refractivity contribution in [3.63, 3.8) is 0 Å². The second-order valence-corrected chi connectivity index (χ2v) is 5.26. The first-order chi connectivity index (χ1) is 8.97. The molecule has 1 aromatic carbocycles. The number of halogens is 1. The molecule has 2 aromatic rings. The smallest absolute Gasteiger partial charge is 0.292 e. The number of nitrogens with zero attached hydrogens (tertiary/aromatic N) is 2. The summed E-state index contributed by atoms with van der Waals surface area (Å²) in [4.78, 5) is 27.8. The lowest BCUT2D eigenvalue weighted by Gasteiger charge is -2.09. The maximum absolute atomic E-state index is 12.1. The van der Waals surface area contributed by atoms with Crippen LogP contribution in [0, 0.1) is 13.8 Å². The van der Waals surface area contributed by atoms with Crippen molar-refractivity contribution in [2.24, 2.45) is 0 Å². The summed E-state index contributed by atoms with van der Waals surface area (Å²) in [6, 6.07) is 8.90. The second kappa shape index (κ2) is 5.48. The van der Waals surface area contributed by atoms with Crippen LogP contribution >= 0.6 is 15.9 Å². The SMILES string of the molecule is Cc1cc(C)n(CC(=O)c2cccc(Br)c2)c(=O)n1. The van der Waals surface area contributed by atoms with E-state index in [2.05, 4.69) is 20.9 Å². The number of carbonyl (C=O) groups is 1. The molecule has 0 aliphatic heterocycles. The number of hydrogen-bond acceptors (Lipinski definition) is 3. The van der Waals surface area contributed by atoms with Gasteiger partial charge < -0.3 is 0 Å². The van der Waals surface area contributed by atoms with Gasteiger partial charge in [0.1, 0.15) is 0 Å². The molecule has 0 saturated heterocycles. The zero-order chi connectivity index (χ0) is 14.0. The zero-order valence-corrected chi connectivity index (χ0v) is 12.3. The van der Waals surface area contributed by atoms with E-state index in [-0.39, 0.29) is 18.0 Å². The molecule has 0 N–H and O–H groups in total. The molecule has 0 unspecified atom stereocenters. The number of ketones is 1. The number of hydrogen-bond donors (Lipinski definition) is 0. The highest BCUT2D eigenvalue weighted by molar-refractivity contribution is 9.10. The molecule has 5 heteroatoms. The van der Waals surface area contributed by atoms with Crippen LogP contribution in [0.3, 0.4) is 0 Å². The number of carbonyl (C=O) groups excluding carboxylic acids is 1. The number of rotatable bonds is 3. The van der Waals surface area contributed by atoms with Gasteiger partial charge in [0, 0.05) is 21.4 Å². The van der Waals surface area contributed by atoms with E-state index >= 15 is 0 Å². The molecule has 0 bridgehead atoms. The standard InChI is InChI=1S/C14H13BrN2O2/c1-9-6-10(2)17(14(19)16-9)8-13(18)11-4-3-5-12(15)7-11/h3-7H,8H2,1-2H3. The Balaban J connectivity index is 2.32. The van der Waals surface area contributed by atoms with Crippen LogP contribution in [0.25, 0.3) is 0 Å². The molecule has 98 valence electrons. The molecule has 0 saturated carbocycles. The third kappa shape index (κ3) is 3.17. The van der Waals surface area contributed by atoms with Crippen LogP contribution in [0.2, 0.25) is 0 Å². The second-order valence-electron chi connectivity index (χ2n) is 4.34. The lowest BCUT2D eigenvalue weighted by Crippen LogP contribution is -2.28. The van der Waals surface area contributed by atoms with Crippen molar-refractivity contribution in [1.29, 1.82) is 0 Å². The first kappa shape index (κ1) is 13.7. The van der Waals surface area contributed by atoms with Crippen LogP contribution in [0.5, 0.6) is 0 Å².